The van der Waals surface area contributed by atoms with E-state index in [1.165, 1.54) is 4.88 Å². The summed E-state index contributed by atoms with van der Waals surface area (Å²) in [5.41, 5.74) is 0. The van der Waals surface area contributed by atoms with Crippen LogP contribution in [0.5, 0.6) is 0 Å². The minimum atomic E-state index is -0.838. The van der Waals surface area contributed by atoms with Gasteiger partial charge < -0.3 is 15.7 Å². The van der Waals surface area contributed by atoms with Gasteiger partial charge in [0.25, 0.3) is 0 Å². The van der Waals surface area contributed by atoms with Gasteiger partial charge in [0, 0.05) is 18.0 Å². The molecule has 6 heteroatoms. The Labute approximate surface area is 110 Å². The monoisotopic (exact) mass is 270 g/mol. The van der Waals surface area contributed by atoms with E-state index in [9.17, 15) is 9.59 Å². The predicted octanol–water partition coefficient (Wildman–Crippen LogP) is 1.70. The van der Waals surface area contributed by atoms with Crippen molar-refractivity contribution in [3.05, 3.63) is 22.4 Å². The summed E-state index contributed by atoms with van der Waals surface area (Å²) in [7, 11) is 0. The molecule has 0 aliphatic rings. The zero-order valence-electron chi connectivity index (χ0n) is 10.3. The molecule has 2 amide bonds. The molecule has 0 saturated carbocycles. The van der Waals surface area contributed by atoms with Crippen molar-refractivity contribution in [1.82, 2.24) is 10.6 Å². The highest BCUT2D eigenvalue weighted by atomic mass is 32.1. The number of aliphatic carboxylic acids is 1. The molecule has 0 saturated heterocycles. The Kier molecular flexibility index (Phi) is 6.21. The van der Waals surface area contributed by atoms with Crippen molar-refractivity contribution in [2.24, 2.45) is 5.92 Å². The van der Waals surface area contributed by atoms with E-state index in [4.69, 9.17) is 5.11 Å². The number of carbonyl (C=O) groups is 2. The number of hydrogen-bond acceptors (Lipinski definition) is 3. The van der Waals surface area contributed by atoms with Crippen LogP contribution in [0.2, 0.25) is 0 Å². The fourth-order valence-electron chi connectivity index (χ4n) is 1.34. The number of amides is 2. The van der Waals surface area contributed by atoms with Crippen molar-refractivity contribution < 1.29 is 14.7 Å². The smallest absolute Gasteiger partial charge is 0.314 e. The van der Waals surface area contributed by atoms with Crippen molar-refractivity contribution in [3.63, 3.8) is 0 Å². The quantitative estimate of drug-likeness (QED) is 0.705. The van der Waals surface area contributed by atoms with Gasteiger partial charge in [0.2, 0.25) is 0 Å². The number of carboxylic acids is 1. The number of carbonyl (C=O) groups excluding carboxylic acids is 1. The van der Waals surface area contributed by atoms with Crippen molar-refractivity contribution in [1.29, 1.82) is 0 Å². The first-order valence-corrected chi connectivity index (χ1v) is 6.74. The molecule has 18 heavy (non-hydrogen) atoms. The molecular weight excluding hydrogens is 252 g/mol. The van der Waals surface area contributed by atoms with E-state index >= 15 is 0 Å². The van der Waals surface area contributed by atoms with Crippen LogP contribution >= 0.6 is 11.3 Å². The van der Waals surface area contributed by atoms with Gasteiger partial charge in [0.1, 0.15) is 0 Å². The Morgan fingerprint density at radius 1 is 1.39 bits per heavy atom. The van der Waals surface area contributed by atoms with Gasteiger partial charge in [0.15, 0.2) is 0 Å². The first kappa shape index (κ1) is 14.5. The highest BCUT2D eigenvalue weighted by molar-refractivity contribution is 7.09. The summed E-state index contributed by atoms with van der Waals surface area (Å²) in [6.45, 7) is 2.58. The Morgan fingerprint density at radius 3 is 2.72 bits per heavy atom. The second-order valence-electron chi connectivity index (χ2n) is 4.04. The van der Waals surface area contributed by atoms with Gasteiger partial charge >= 0.3 is 12.0 Å². The van der Waals surface area contributed by atoms with Gasteiger partial charge in [-0.05, 0) is 24.3 Å². The van der Waals surface area contributed by atoms with Gasteiger partial charge in [0.05, 0.1) is 5.92 Å². The maximum atomic E-state index is 11.4. The van der Waals surface area contributed by atoms with E-state index < -0.39 is 11.9 Å². The second-order valence-corrected chi connectivity index (χ2v) is 5.07. The molecule has 0 bridgehead atoms. The Bertz CT molecular complexity index is 379. The topological polar surface area (TPSA) is 78.4 Å². The maximum Gasteiger partial charge on any atom is 0.314 e. The molecule has 0 aliphatic carbocycles. The average Bonchev–Trinajstić information content (AvgIpc) is 2.81. The van der Waals surface area contributed by atoms with Gasteiger partial charge in [-0.15, -0.1) is 11.3 Å². The number of rotatable bonds is 7. The molecule has 0 aromatic carbocycles. The molecule has 1 heterocycles. The van der Waals surface area contributed by atoms with Crippen LogP contribution in [-0.4, -0.2) is 30.2 Å². The highest BCUT2D eigenvalue weighted by Crippen LogP contribution is 2.07. The molecule has 0 aliphatic heterocycles. The molecule has 1 atom stereocenters. The van der Waals surface area contributed by atoms with Crippen LogP contribution in [-0.2, 0) is 11.2 Å². The third-order valence-corrected chi connectivity index (χ3v) is 3.46. The lowest BCUT2D eigenvalue weighted by Gasteiger charge is -2.08. The second kappa shape index (κ2) is 7.71. The number of urea groups is 1. The van der Waals surface area contributed by atoms with Gasteiger partial charge in [-0.25, -0.2) is 4.79 Å². The number of thiophene rings is 1. The summed E-state index contributed by atoms with van der Waals surface area (Å²) in [5, 5.41) is 16.0. The van der Waals surface area contributed by atoms with Crippen LogP contribution in [0.4, 0.5) is 4.79 Å². The SMILES string of the molecule is CC(CCNC(=O)NCCc1cccs1)C(=O)O. The lowest BCUT2D eigenvalue weighted by atomic mass is 10.1. The zero-order valence-corrected chi connectivity index (χ0v) is 11.1. The number of carboxylic acid groups (broad SMARTS) is 1. The van der Waals surface area contributed by atoms with E-state index in [2.05, 4.69) is 10.6 Å². The predicted molar refractivity (Wildman–Crippen MR) is 70.8 cm³/mol. The molecule has 3 N–H and O–H groups in total. The van der Waals surface area contributed by atoms with E-state index in [1.807, 2.05) is 17.5 Å². The molecule has 100 valence electrons. The molecule has 1 unspecified atom stereocenters. The molecule has 5 nitrogen and oxygen atoms in total. The summed E-state index contributed by atoms with van der Waals surface area (Å²) in [4.78, 5) is 23.1. The lowest BCUT2D eigenvalue weighted by Crippen LogP contribution is -2.37. The summed E-state index contributed by atoms with van der Waals surface area (Å²) < 4.78 is 0. The van der Waals surface area contributed by atoms with E-state index in [1.54, 1.807) is 18.3 Å². The molecule has 0 spiro atoms. The molecule has 0 fully saturated rings. The van der Waals surface area contributed by atoms with Crippen LogP contribution in [0, 0.1) is 5.92 Å². The normalized spacial score (nSPS) is 11.8. The maximum absolute atomic E-state index is 11.4. The van der Waals surface area contributed by atoms with Crippen LogP contribution in [0.1, 0.15) is 18.2 Å². The van der Waals surface area contributed by atoms with Gasteiger partial charge in [-0.2, -0.15) is 0 Å². The van der Waals surface area contributed by atoms with Crippen molar-refractivity contribution in [2.75, 3.05) is 13.1 Å². The fourth-order valence-corrected chi connectivity index (χ4v) is 2.05. The zero-order chi connectivity index (χ0) is 13.4. The Hall–Kier alpha value is -1.56. The highest BCUT2D eigenvalue weighted by Gasteiger charge is 2.10. The lowest BCUT2D eigenvalue weighted by molar-refractivity contribution is -0.141. The summed E-state index contributed by atoms with van der Waals surface area (Å²) in [6.07, 6.45) is 1.25. The largest absolute Gasteiger partial charge is 0.481 e. The Morgan fingerprint density at radius 2 is 2.11 bits per heavy atom. The number of nitrogens with one attached hydrogen (secondary N) is 2. The van der Waals surface area contributed by atoms with Crippen molar-refractivity contribution in [2.45, 2.75) is 19.8 Å². The van der Waals surface area contributed by atoms with Crippen LogP contribution in [0.25, 0.3) is 0 Å². The van der Waals surface area contributed by atoms with E-state index in [-0.39, 0.29) is 6.03 Å². The molecule has 1 rings (SSSR count). The van der Waals surface area contributed by atoms with Crippen LogP contribution < -0.4 is 10.6 Å². The summed E-state index contributed by atoms with van der Waals surface area (Å²) in [5.74, 6) is -1.27. The number of hydrogen-bond donors (Lipinski definition) is 3. The first-order valence-electron chi connectivity index (χ1n) is 5.86. The van der Waals surface area contributed by atoms with E-state index in [0.717, 1.165) is 6.42 Å². The molecule has 0 radical (unpaired) electrons. The third-order valence-electron chi connectivity index (χ3n) is 2.52. The van der Waals surface area contributed by atoms with Crippen LogP contribution in [0.15, 0.2) is 17.5 Å². The molecular formula is C12H18N2O3S. The van der Waals surface area contributed by atoms with Gasteiger partial charge in [-0.3, -0.25) is 4.79 Å². The first-order chi connectivity index (χ1) is 8.59. The average molecular weight is 270 g/mol. The van der Waals surface area contributed by atoms with Crippen molar-refractivity contribution in [3.8, 4) is 0 Å². The minimum absolute atomic E-state index is 0.246. The Balaban J connectivity index is 2.05. The van der Waals surface area contributed by atoms with E-state index in [0.29, 0.717) is 19.5 Å². The molecule has 1 aromatic heterocycles. The van der Waals surface area contributed by atoms with Gasteiger partial charge in [-0.1, -0.05) is 13.0 Å². The summed E-state index contributed by atoms with van der Waals surface area (Å²) >= 11 is 1.66. The fraction of sp³-hybridized carbons (Fsp3) is 0.500. The van der Waals surface area contributed by atoms with Crippen LogP contribution in [0.3, 0.4) is 0 Å². The molecule has 1 aromatic rings. The summed E-state index contributed by atoms with van der Waals surface area (Å²) in [6, 6.07) is 3.76. The minimum Gasteiger partial charge on any atom is -0.481 e. The third kappa shape index (κ3) is 5.67. The van der Waals surface area contributed by atoms with Crippen molar-refractivity contribution >= 4 is 23.3 Å². The standard InChI is InChI=1S/C12H18N2O3S/c1-9(11(15)16)4-6-13-12(17)14-7-5-10-3-2-8-18-10/h2-3,8-9H,4-7H2,1H3,(H,15,16)(H2,13,14,17).